The van der Waals surface area contributed by atoms with Gasteiger partial charge in [-0.1, -0.05) is 36.6 Å². The van der Waals surface area contributed by atoms with Gasteiger partial charge in [-0.15, -0.1) is 0 Å². The molecule has 8 nitrogen and oxygen atoms in total. The third-order valence-corrected chi connectivity index (χ3v) is 6.70. The van der Waals surface area contributed by atoms with Gasteiger partial charge in [-0.2, -0.15) is 0 Å². The lowest BCUT2D eigenvalue weighted by molar-refractivity contribution is -0.114. The second-order valence-corrected chi connectivity index (χ2v) is 9.12. The summed E-state index contributed by atoms with van der Waals surface area (Å²) < 4.78 is 6.52. The zero-order chi connectivity index (χ0) is 25.2. The number of rotatable bonds is 6. The minimum Gasteiger partial charge on any atom is -0.503 e. The predicted molar refractivity (Wildman–Crippen MR) is 135 cm³/mol. The quantitative estimate of drug-likeness (QED) is 0.298. The number of hydrogen-bond acceptors (Lipinski definition) is 6. The molecule has 1 amide bonds. The number of amides is 1. The van der Waals surface area contributed by atoms with Crippen molar-refractivity contribution in [1.82, 2.24) is 9.72 Å². The van der Waals surface area contributed by atoms with Gasteiger partial charge in [0.25, 0.3) is 0 Å². The maximum absolute atomic E-state index is 13.7. The standard InChI is InChI=1S/C28H27N3O5/c1-17(32)29-21-11-7-20(8-12-21)26(33)24-25(19-5-3-2-4-6-19)31(28(35)27(24)34)22-13-9-18(10-14-22)23-15-16-36-30-23/h7-16,19,34-35H,2-6H2,1H3,(H,29,32). The van der Waals surface area contributed by atoms with Crippen molar-refractivity contribution in [3.63, 3.8) is 0 Å². The number of ketones is 1. The van der Waals surface area contributed by atoms with Gasteiger partial charge in [0.15, 0.2) is 11.5 Å². The number of anilines is 1. The Kier molecular flexibility index (Phi) is 6.33. The molecule has 8 heteroatoms. The van der Waals surface area contributed by atoms with E-state index in [0.717, 1.165) is 37.7 Å². The van der Waals surface area contributed by atoms with E-state index in [1.54, 1.807) is 34.9 Å². The summed E-state index contributed by atoms with van der Waals surface area (Å²) >= 11 is 0. The van der Waals surface area contributed by atoms with Gasteiger partial charge >= 0.3 is 0 Å². The lowest BCUT2D eigenvalue weighted by Gasteiger charge is -2.25. The van der Waals surface area contributed by atoms with Gasteiger partial charge in [0.2, 0.25) is 11.8 Å². The van der Waals surface area contributed by atoms with Gasteiger partial charge in [0.1, 0.15) is 12.0 Å². The Labute approximate surface area is 208 Å². The highest BCUT2D eigenvalue weighted by Gasteiger charge is 2.33. The van der Waals surface area contributed by atoms with Crippen LogP contribution < -0.4 is 5.32 Å². The molecular weight excluding hydrogens is 458 g/mol. The molecule has 1 fully saturated rings. The maximum atomic E-state index is 13.7. The Morgan fingerprint density at radius 1 is 0.972 bits per heavy atom. The van der Waals surface area contributed by atoms with Gasteiger partial charge in [-0.25, -0.2) is 0 Å². The van der Waals surface area contributed by atoms with Crippen molar-refractivity contribution >= 4 is 17.4 Å². The first-order valence-corrected chi connectivity index (χ1v) is 12.0. The van der Waals surface area contributed by atoms with Gasteiger partial charge < -0.3 is 20.1 Å². The highest BCUT2D eigenvalue weighted by Crippen LogP contribution is 2.46. The molecule has 2 heterocycles. The zero-order valence-electron chi connectivity index (χ0n) is 19.9. The van der Waals surface area contributed by atoms with Crippen LogP contribution in [0.25, 0.3) is 16.9 Å². The van der Waals surface area contributed by atoms with Crippen LogP contribution in [0.4, 0.5) is 5.69 Å². The smallest absolute Gasteiger partial charge is 0.240 e. The van der Waals surface area contributed by atoms with E-state index >= 15 is 0 Å². The Morgan fingerprint density at radius 2 is 1.67 bits per heavy atom. The molecule has 2 aromatic heterocycles. The molecule has 3 N–H and O–H groups in total. The number of carbonyl (C=O) groups is 2. The monoisotopic (exact) mass is 485 g/mol. The average molecular weight is 486 g/mol. The molecule has 36 heavy (non-hydrogen) atoms. The summed E-state index contributed by atoms with van der Waals surface area (Å²) in [4.78, 5) is 25.0. The number of nitrogens with zero attached hydrogens (tertiary/aromatic N) is 2. The fourth-order valence-electron chi connectivity index (χ4n) is 5.01. The first-order valence-electron chi connectivity index (χ1n) is 12.0. The highest BCUT2D eigenvalue weighted by atomic mass is 16.5. The van der Waals surface area contributed by atoms with Crippen LogP contribution in [0.15, 0.2) is 65.4 Å². The molecule has 2 aromatic carbocycles. The van der Waals surface area contributed by atoms with Crippen LogP contribution in [0.1, 0.15) is 66.6 Å². The molecule has 184 valence electrons. The lowest BCUT2D eigenvalue weighted by Crippen LogP contribution is -2.15. The molecule has 0 unspecified atom stereocenters. The summed E-state index contributed by atoms with van der Waals surface area (Å²) in [6.45, 7) is 1.41. The summed E-state index contributed by atoms with van der Waals surface area (Å²) in [6.07, 6.45) is 6.38. The van der Waals surface area contributed by atoms with E-state index in [4.69, 9.17) is 4.52 Å². The predicted octanol–water partition coefficient (Wildman–Crippen LogP) is 5.78. The average Bonchev–Trinajstić information content (AvgIpc) is 3.52. The summed E-state index contributed by atoms with van der Waals surface area (Å²) in [6, 6.07) is 15.6. The van der Waals surface area contributed by atoms with Crippen LogP contribution in [0.3, 0.4) is 0 Å². The second-order valence-electron chi connectivity index (χ2n) is 9.12. The SMILES string of the molecule is CC(=O)Nc1ccc(C(=O)c2c(O)c(O)n(-c3ccc(-c4ccon4)cc3)c2C2CCCCC2)cc1. The number of aromatic nitrogens is 2. The number of nitrogens with one attached hydrogen (secondary N) is 1. The van der Waals surface area contributed by atoms with Crippen LogP contribution in [-0.4, -0.2) is 31.6 Å². The van der Waals surface area contributed by atoms with E-state index in [1.165, 1.54) is 13.2 Å². The largest absolute Gasteiger partial charge is 0.503 e. The third-order valence-electron chi connectivity index (χ3n) is 6.70. The Morgan fingerprint density at radius 3 is 2.28 bits per heavy atom. The molecule has 0 bridgehead atoms. The molecule has 0 radical (unpaired) electrons. The molecule has 0 spiro atoms. The van der Waals surface area contributed by atoms with Crippen molar-refractivity contribution in [2.75, 3.05) is 5.32 Å². The van der Waals surface area contributed by atoms with Crippen molar-refractivity contribution in [2.24, 2.45) is 0 Å². The number of benzene rings is 2. The molecule has 0 aliphatic heterocycles. The van der Waals surface area contributed by atoms with Crippen molar-refractivity contribution < 1.29 is 24.3 Å². The van der Waals surface area contributed by atoms with Crippen molar-refractivity contribution in [1.29, 1.82) is 0 Å². The lowest BCUT2D eigenvalue weighted by atomic mass is 9.84. The highest BCUT2D eigenvalue weighted by molar-refractivity contribution is 6.12. The first-order chi connectivity index (χ1) is 17.4. The van der Waals surface area contributed by atoms with Gasteiger partial charge in [0.05, 0.1) is 5.56 Å². The zero-order valence-corrected chi connectivity index (χ0v) is 19.9. The molecule has 0 atom stereocenters. The summed E-state index contributed by atoms with van der Waals surface area (Å²) in [5, 5.41) is 28.7. The number of carbonyl (C=O) groups excluding carboxylic acids is 2. The Hall–Kier alpha value is -4.33. The van der Waals surface area contributed by atoms with Crippen LogP contribution in [0.5, 0.6) is 11.6 Å². The third kappa shape index (κ3) is 4.37. The van der Waals surface area contributed by atoms with E-state index in [0.29, 0.717) is 28.3 Å². The molecule has 1 saturated carbocycles. The Bertz CT molecular complexity index is 1380. The van der Waals surface area contributed by atoms with Crippen LogP contribution in [0.2, 0.25) is 0 Å². The minimum atomic E-state index is -0.424. The van der Waals surface area contributed by atoms with Crippen molar-refractivity contribution in [3.05, 3.63) is 77.7 Å². The summed E-state index contributed by atoms with van der Waals surface area (Å²) in [7, 11) is 0. The maximum Gasteiger partial charge on any atom is 0.240 e. The van der Waals surface area contributed by atoms with E-state index in [1.807, 2.05) is 24.3 Å². The van der Waals surface area contributed by atoms with E-state index in [9.17, 15) is 19.8 Å². The molecule has 4 aromatic rings. The van der Waals surface area contributed by atoms with Gasteiger partial charge in [-0.3, -0.25) is 14.2 Å². The van der Waals surface area contributed by atoms with E-state index in [2.05, 4.69) is 10.5 Å². The van der Waals surface area contributed by atoms with Crippen LogP contribution in [0, 0.1) is 0 Å². The molecule has 0 saturated heterocycles. The van der Waals surface area contributed by atoms with Crippen LogP contribution in [-0.2, 0) is 4.79 Å². The van der Waals surface area contributed by atoms with Gasteiger partial charge in [-0.05, 0) is 49.2 Å². The second kappa shape index (κ2) is 9.73. The Balaban J connectivity index is 1.59. The fraction of sp³-hybridized carbons (Fsp3) is 0.250. The molecular formula is C28H27N3O5. The van der Waals surface area contributed by atoms with E-state index < -0.39 is 5.75 Å². The summed E-state index contributed by atoms with van der Waals surface area (Å²) in [5.74, 6) is -1.35. The number of hydrogen-bond donors (Lipinski definition) is 3. The fourth-order valence-corrected chi connectivity index (χ4v) is 5.01. The molecule has 1 aliphatic rings. The summed E-state index contributed by atoms with van der Waals surface area (Å²) in [5.41, 5.74) is 3.83. The number of aromatic hydroxyl groups is 2. The molecule has 1 aliphatic carbocycles. The van der Waals surface area contributed by atoms with Crippen LogP contribution >= 0.6 is 0 Å². The van der Waals surface area contributed by atoms with E-state index in [-0.39, 0.29) is 29.1 Å². The van der Waals surface area contributed by atoms with Crippen molar-refractivity contribution in [3.8, 4) is 28.6 Å². The molecule has 5 rings (SSSR count). The van der Waals surface area contributed by atoms with Gasteiger partial charge in [0, 0.05) is 47.1 Å². The topological polar surface area (TPSA) is 118 Å². The van der Waals surface area contributed by atoms with Crippen molar-refractivity contribution in [2.45, 2.75) is 44.9 Å². The first kappa shape index (κ1) is 23.4. The normalized spacial score (nSPS) is 14.0. The minimum absolute atomic E-state index is 0.0124.